The molecule has 0 amide bonds. The summed E-state index contributed by atoms with van der Waals surface area (Å²) in [7, 11) is -3.64. The molecule has 0 aromatic carbocycles. The van der Waals surface area contributed by atoms with Gasteiger partial charge in [-0.1, -0.05) is 11.6 Å². The van der Waals surface area contributed by atoms with Crippen molar-refractivity contribution in [2.24, 2.45) is 0 Å². The Kier molecular flexibility index (Phi) is 3.24. The summed E-state index contributed by atoms with van der Waals surface area (Å²) in [4.78, 5) is 7.81. The molecule has 0 atom stereocenters. The van der Waals surface area contributed by atoms with Gasteiger partial charge in [0.25, 0.3) is 0 Å². The van der Waals surface area contributed by atoms with Crippen molar-refractivity contribution in [1.29, 1.82) is 0 Å². The fraction of sp³-hybridized carbons (Fsp3) is 0.111. The zero-order valence-corrected chi connectivity index (χ0v) is 11.7. The van der Waals surface area contributed by atoms with Crippen LogP contribution < -0.4 is 4.18 Å². The van der Waals surface area contributed by atoms with Crippen molar-refractivity contribution in [3.63, 3.8) is 0 Å². The molecule has 8 heteroatoms. The molecule has 2 aromatic heterocycles. The molecule has 0 fully saturated rings. The first-order valence-electron chi connectivity index (χ1n) is 4.36. The maximum absolute atomic E-state index is 11.1. The highest BCUT2D eigenvalue weighted by atomic mass is 79.9. The summed E-state index contributed by atoms with van der Waals surface area (Å²) in [5.74, 6) is -0.0185. The molecular formula is C9H6BrClN2O3S. The van der Waals surface area contributed by atoms with Crippen molar-refractivity contribution in [3.05, 3.63) is 28.1 Å². The molecule has 17 heavy (non-hydrogen) atoms. The Labute approximate surface area is 111 Å². The number of hydrogen-bond donors (Lipinski definition) is 0. The van der Waals surface area contributed by atoms with Crippen LogP contribution in [-0.4, -0.2) is 24.6 Å². The maximum atomic E-state index is 11.1. The van der Waals surface area contributed by atoms with E-state index in [1.165, 1.54) is 18.5 Å². The molecule has 0 aliphatic carbocycles. The predicted molar refractivity (Wildman–Crippen MR) is 67.7 cm³/mol. The second-order valence-corrected chi connectivity index (χ2v) is 6.07. The molecule has 0 spiro atoms. The summed E-state index contributed by atoms with van der Waals surface area (Å²) >= 11 is 9.04. The van der Waals surface area contributed by atoms with Crippen LogP contribution >= 0.6 is 27.5 Å². The third kappa shape index (κ3) is 2.85. The van der Waals surface area contributed by atoms with Crippen LogP contribution in [0.3, 0.4) is 0 Å². The van der Waals surface area contributed by atoms with Gasteiger partial charge in [-0.3, -0.25) is 0 Å². The highest BCUT2D eigenvalue weighted by molar-refractivity contribution is 9.10. The second-order valence-electron chi connectivity index (χ2n) is 3.25. The molecule has 0 saturated carbocycles. The Morgan fingerprint density at radius 1 is 1.29 bits per heavy atom. The Bertz CT molecular complexity index is 690. The van der Waals surface area contributed by atoms with Crippen LogP contribution in [-0.2, 0) is 10.1 Å². The summed E-state index contributed by atoms with van der Waals surface area (Å²) in [6.45, 7) is 0. The van der Waals surface area contributed by atoms with Crippen LogP contribution in [0.25, 0.3) is 10.8 Å². The fourth-order valence-corrected chi connectivity index (χ4v) is 2.26. The molecule has 2 aromatic rings. The topological polar surface area (TPSA) is 69.2 Å². The van der Waals surface area contributed by atoms with E-state index in [4.69, 9.17) is 15.8 Å². The smallest absolute Gasteiger partial charge is 0.307 e. The van der Waals surface area contributed by atoms with Gasteiger partial charge < -0.3 is 4.18 Å². The average molecular weight is 338 g/mol. The summed E-state index contributed by atoms with van der Waals surface area (Å²) in [5, 5.41) is 1.38. The SMILES string of the molecule is CS(=O)(=O)Oc1ncc(Br)c2cnc(Cl)cc12. The molecule has 2 heterocycles. The van der Waals surface area contributed by atoms with E-state index in [9.17, 15) is 8.42 Å². The van der Waals surface area contributed by atoms with E-state index in [0.717, 1.165) is 6.26 Å². The first-order chi connectivity index (χ1) is 7.87. The lowest BCUT2D eigenvalue weighted by molar-refractivity contribution is 0.486. The zero-order valence-electron chi connectivity index (χ0n) is 8.52. The monoisotopic (exact) mass is 336 g/mol. The quantitative estimate of drug-likeness (QED) is 0.621. The minimum atomic E-state index is -3.64. The summed E-state index contributed by atoms with van der Waals surface area (Å²) in [5.41, 5.74) is 0. The lowest BCUT2D eigenvalue weighted by atomic mass is 10.2. The number of rotatable bonds is 2. The molecule has 0 bridgehead atoms. The molecule has 2 rings (SSSR count). The first-order valence-corrected chi connectivity index (χ1v) is 7.35. The maximum Gasteiger partial charge on any atom is 0.307 e. The first kappa shape index (κ1) is 12.5. The molecule has 0 N–H and O–H groups in total. The molecular weight excluding hydrogens is 332 g/mol. The largest absolute Gasteiger partial charge is 0.361 e. The van der Waals surface area contributed by atoms with E-state index in [1.807, 2.05) is 0 Å². The van der Waals surface area contributed by atoms with E-state index in [-0.39, 0.29) is 11.0 Å². The van der Waals surface area contributed by atoms with Gasteiger partial charge >= 0.3 is 10.1 Å². The van der Waals surface area contributed by atoms with Gasteiger partial charge in [-0.15, -0.1) is 0 Å². The minimum absolute atomic E-state index is 0.0185. The Balaban J connectivity index is 2.72. The number of aromatic nitrogens is 2. The lowest BCUT2D eigenvalue weighted by Gasteiger charge is -2.06. The third-order valence-corrected chi connectivity index (χ3v) is 3.18. The number of pyridine rings is 2. The van der Waals surface area contributed by atoms with Crippen LogP contribution in [0.2, 0.25) is 5.15 Å². The average Bonchev–Trinajstić information content (AvgIpc) is 2.20. The molecule has 0 saturated heterocycles. The Morgan fingerprint density at radius 2 is 2.00 bits per heavy atom. The molecule has 0 radical (unpaired) electrons. The van der Waals surface area contributed by atoms with Crippen molar-refractivity contribution in [3.8, 4) is 5.88 Å². The minimum Gasteiger partial charge on any atom is -0.361 e. The molecule has 5 nitrogen and oxygen atoms in total. The highest BCUT2D eigenvalue weighted by Crippen LogP contribution is 2.30. The van der Waals surface area contributed by atoms with Crippen LogP contribution in [0.5, 0.6) is 5.88 Å². The van der Waals surface area contributed by atoms with Gasteiger partial charge in [-0.2, -0.15) is 8.42 Å². The standard InChI is InChI=1S/C9H6BrClN2O3S/c1-17(14,15)16-9-5-2-8(11)12-3-6(5)7(10)4-13-9/h2-4H,1H3. The van der Waals surface area contributed by atoms with E-state index in [1.54, 1.807) is 0 Å². The van der Waals surface area contributed by atoms with Crippen molar-refractivity contribution in [1.82, 2.24) is 9.97 Å². The lowest BCUT2D eigenvalue weighted by Crippen LogP contribution is -2.07. The number of fused-ring (bicyclic) bond motifs is 1. The summed E-state index contributed by atoms with van der Waals surface area (Å²) < 4.78 is 27.6. The van der Waals surface area contributed by atoms with Crippen molar-refractivity contribution < 1.29 is 12.6 Å². The van der Waals surface area contributed by atoms with Crippen LogP contribution in [0, 0.1) is 0 Å². The molecule has 0 aliphatic rings. The fourth-order valence-electron chi connectivity index (χ4n) is 1.26. The van der Waals surface area contributed by atoms with Gasteiger partial charge in [-0.05, 0) is 22.0 Å². The predicted octanol–water partition coefficient (Wildman–Crippen LogP) is 2.38. The Morgan fingerprint density at radius 3 is 2.65 bits per heavy atom. The van der Waals surface area contributed by atoms with Crippen molar-refractivity contribution >= 4 is 48.4 Å². The van der Waals surface area contributed by atoms with E-state index in [2.05, 4.69) is 25.9 Å². The normalized spacial score (nSPS) is 11.7. The zero-order chi connectivity index (χ0) is 12.6. The van der Waals surface area contributed by atoms with Gasteiger partial charge in [0.2, 0.25) is 5.88 Å². The van der Waals surface area contributed by atoms with E-state index < -0.39 is 10.1 Å². The van der Waals surface area contributed by atoms with Gasteiger partial charge in [0.1, 0.15) is 5.15 Å². The molecule has 0 unspecified atom stereocenters. The molecule has 0 aliphatic heterocycles. The third-order valence-electron chi connectivity index (χ3n) is 1.88. The van der Waals surface area contributed by atoms with Gasteiger partial charge in [0, 0.05) is 22.3 Å². The van der Waals surface area contributed by atoms with Gasteiger partial charge in [0.15, 0.2) is 0 Å². The van der Waals surface area contributed by atoms with E-state index in [0.29, 0.717) is 15.2 Å². The highest BCUT2D eigenvalue weighted by Gasteiger charge is 2.13. The van der Waals surface area contributed by atoms with Gasteiger partial charge in [0.05, 0.1) is 11.6 Å². The number of nitrogens with zero attached hydrogens (tertiary/aromatic N) is 2. The van der Waals surface area contributed by atoms with E-state index >= 15 is 0 Å². The Hall–Kier alpha value is -0.920. The summed E-state index contributed by atoms with van der Waals surface area (Å²) in [6, 6.07) is 1.50. The van der Waals surface area contributed by atoms with Crippen LogP contribution in [0.15, 0.2) is 22.9 Å². The molecule has 90 valence electrons. The number of hydrogen-bond acceptors (Lipinski definition) is 5. The second kappa shape index (κ2) is 4.40. The van der Waals surface area contributed by atoms with Crippen molar-refractivity contribution in [2.45, 2.75) is 0 Å². The van der Waals surface area contributed by atoms with Gasteiger partial charge in [-0.25, -0.2) is 9.97 Å². The van der Waals surface area contributed by atoms with Crippen LogP contribution in [0.4, 0.5) is 0 Å². The van der Waals surface area contributed by atoms with Crippen molar-refractivity contribution in [2.75, 3.05) is 6.26 Å². The van der Waals surface area contributed by atoms with Crippen LogP contribution in [0.1, 0.15) is 0 Å². The summed E-state index contributed by atoms with van der Waals surface area (Å²) in [6.07, 6.45) is 3.91. The number of halogens is 2.